The van der Waals surface area contributed by atoms with E-state index in [0.29, 0.717) is 6.54 Å². The first-order valence-electron chi connectivity index (χ1n) is 6.67. The van der Waals surface area contributed by atoms with Crippen molar-refractivity contribution in [1.82, 2.24) is 10.3 Å². The van der Waals surface area contributed by atoms with Gasteiger partial charge in [0.2, 0.25) is 5.91 Å². The summed E-state index contributed by atoms with van der Waals surface area (Å²) in [6.07, 6.45) is 2.88. The number of non-ortho nitro benzene ring substituents is 1. The smallest absolute Gasteiger partial charge is 0.269 e. The van der Waals surface area contributed by atoms with Crippen LogP contribution >= 0.6 is 23.1 Å². The lowest BCUT2D eigenvalue weighted by Crippen LogP contribution is -2.26. The number of rotatable bonds is 8. The molecule has 0 spiro atoms. The molecule has 0 aliphatic carbocycles. The van der Waals surface area contributed by atoms with Crippen LogP contribution in [0.4, 0.5) is 5.69 Å². The first kappa shape index (κ1) is 16.4. The van der Waals surface area contributed by atoms with Gasteiger partial charge < -0.3 is 5.32 Å². The number of amides is 1. The van der Waals surface area contributed by atoms with Crippen LogP contribution in [0.25, 0.3) is 0 Å². The third-order valence-electron chi connectivity index (χ3n) is 2.79. The molecule has 1 heterocycles. The van der Waals surface area contributed by atoms with Crippen LogP contribution in [0.2, 0.25) is 0 Å². The van der Waals surface area contributed by atoms with Crippen molar-refractivity contribution in [3.8, 4) is 0 Å². The molecule has 0 saturated carbocycles. The minimum Gasteiger partial charge on any atom is -0.356 e. The summed E-state index contributed by atoms with van der Waals surface area (Å²) in [4.78, 5) is 26.0. The molecule has 8 heteroatoms. The molecule has 1 aromatic heterocycles. The zero-order chi connectivity index (χ0) is 15.8. The van der Waals surface area contributed by atoms with Gasteiger partial charge in [-0.1, -0.05) is 23.9 Å². The number of thiazole rings is 1. The van der Waals surface area contributed by atoms with Gasteiger partial charge in [-0.2, -0.15) is 0 Å². The zero-order valence-corrected chi connectivity index (χ0v) is 13.4. The molecule has 22 heavy (non-hydrogen) atoms. The summed E-state index contributed by atoms with van der Waals surface area (Å²) in [5, 5.41) is 15.3. The van der Waals surface area contributed by atoms with Crippen molar-refractivity contribution in [3.63, 3.8) is 0 Å². The highest BCUT2D eigenvalue weighted by Gasteiger charge is 2.07. The van der Waals surface area contributed by atoms with Gasteiger partial charge >= 0.3 is 0 Å². The third kappa shape index (κ3) is 5.45. The lowest BCUT2D eigenvalue weighted by Gasteiger charge is -2.05. The first-order valence-corrected chi connectivity index (χ1v) is 8.54. The molecule has 6 nitrogen and oxygen atoms in total. The van der Waals surface area contributed by atoms with Crippen LogP contribution in [0.5, 0.6) is 0 Å². The van der Waals surface area contributed by atoms with E-state index in [9.17, 15) is 14.9 Å². The van der Waals surface area contributed by atoms with Gasteiger partial charge in [-0.05, 0) is 12.0 Å². The standard InChI is InChI=1S/C14H15N3O3S2/c18-13(10-11-2-4-12(5-3-11)17(19)20)15-6-1-8-21-14-16-7-9-22-14/h2-5,7,9H,1,6,8,10H2,(H,15,18). The molecular formula is C14H15N3O3S2. The number of carbonyl (C=O) groups is 1. The quantitative estimate of drug-likeness (QED) is 0.346. The molecular weight excluding hydrogens is 322 g/mol. The number of hydrogen-bond acceptors (Lipinski definition) is 6. The van der Waals surface area contributed by atoms with Gasteiger partial charge in [-0.15, -0.1) is 11.3 Å². The third-order valence-corrected chi connectivity index (χ3v) is 4.84. The van der Waals surface area contributed by atoms with Crippen LogP contribution in [0, 0.1) is 10.1 Å². The van der Waals surface area contributed by atoms with E-state index in [1.807, 2.05) is 5.38 Å². The maximum absolute atomic E-state index is 11.8. The van der Waals surface area contributed by atoms with Crippen LogP contribution < -0.4 is 5.32 Å². The lowest BCUT2D eigenvalue weighted by molar-refractivity contribution is -0.384. The average Bonchev–Trinajstić information content (AvgIpc) is 3.00. The summed E-state index contributed by atoms with van der Waals surface area (Å²) in [5.74, 6) is 0.832. The second-order valence-electron chi connectivity index (χ2n) is 4.45. The van der Waals surface area contributed by atoms with Crippen molar-refractivity contribution in [1.29, 1.82) is 0 Å². The highest BCUT2D eigenvalue weighted by Crippen LogP contribution is 2.20. The van der Waals surface area contributed by atoms with Gasteiger partial charge in [0, 0.05) is 36.0 Å². The summed E-state index contributed by atoms with van der Waals surface area (Å²) in [6.45, 7) is 0.615. The van der Waals surface area contributed by atoms with E-state index in [1.165, 1.54) is 12.1 Å². The van der Waals surface area contributed by atoms with Crippen molar-refractivity contribution < 1.29 is 9.72 Å². The minimum atomic E-state index is -0.454. The maximum atomic E-state index is 11.8. The Balaban J connectivity index is 1.64. The molecule has 1 amide bonds. The van der Waals surface area contributed by atoms with E-state index in [1.54, 1.807) is 41.4 Å². The molecule has 0 bridgehead atoms. The Hall–Kier alpha value is -1.93. The van der Waals surface area contributed by atoms with E-state index >= 15 is 0 Å². The fourth-order valence-corrected chi connectivity index (χ4v) is 3.37. The van der Waals surface area contributed by atoms with E-state index in [0.717, 1.165) is 22.1 Å². The van der Waals surface area contributed by atoms with Crippen molar-refractivity contribution in [2.45, 2.75) is 17.2 Å². The Morgan fingerprint density at radius 3 is 2.77 bits per heavy atom. The summed E-state index contributed by atoms with van der Waals surface area (Å²) < 4.78 is 1.04. The Morgan fingerprint density at radius 2 is 2.14 bits per heavy atom. The van der Waals surface area contributed by atoms with Crippen LogP contribution in [0.1, 0.15) is 12.0 Å². The normalized spacial score (nSPS) is 10.4. The number of nitrogens with one attached hydrogen (secondary N) is 1. The Morgan fingerprint density at radius 1 is 1.36 bits per heavy atom. The highest BCUT2D eigenvalue weighted by atomic mass is 32.2. The monoisotopic (exact) mass is 337 g/mol. The number of nitro benzene ring substituents is 1. The van der Waals surface area contributed by atoms with Gasteiger partial charge in [0.15, 0.2) is 0 Å². The number of nitro groups is 1. The zero-order valence-electron chi connectivity index (χ0n) is 11.7. The van der Waals surface area contributed by atoms with E-state index < -0.39 is 4.92 Å². The average molecular weight is 337 g/mol. The predicted molar refractivity (Wildman–Crippen MR) is 87.3 cm³/mol. The summed E-state index contributed by atoms with van der Waals surface area (Å²) in [5.41, 5.74) is 0.795. The molecule has 1 aromatic carbocycles. The van der Waals surface area contributed by atoms with Gasteiger partial charge in [0.05, 0.1) is 11.3 Å². The molecule has 0 aliphatic heterocycles. The number of hydrogen-bond donors (Lipinski definition) is 1. The fourth-order valence-electron chi connectivity index (χ4n) is 1.72. The Labute approximate surface area is 136 Å². The van der Waals surface area contributed by atoms with E-state index in [-0.39, 0.29) is 18.0 Å². The van der Waals surface area contributed by atoms with E-state index in [2.05, 4.69) is 10.3 Å². The maximum Gasteiger partial charge on any atom is 0.269 e. The topological polar surface area (TPSA) is 85.1 Å². The summed E-state index contributed by atoms with van der Waals surface area (Å²) >= 11 is 3.29. The number of carbonyl (C=O) groups excluding carboxylic acids is 1. The molecule has 0 aliphatic rings. The van der Waals surface area contributed by atoms with E-state index in [4.69, 9.17) is 0 Å². The second-order valence-corrected chi connectivity index (χ2v) is 6.69. The SMILES string of the molecule is O=C(Cc1ccc([N+](=O)[O-])cc1)NCCCSc1nccs1. The molecule has 0 radical (unpaired) electrons. The Bertz CT molecular complexity index is 615. The number of nitrogens with zero attached hydrogens (tertiary/aromatic N) is 2. The lowest BCUT2D eigenvalue weighted by atomic mass is 10.1. The molecule has 0 atom stereocenters. The van der Waals surface area contributed by atoms with Crippen LogP contribution in [0.3, 0.4) is 0 Å². The van der Waals surface area contributed by atoms with Crippen LogP contribution in [0.15, 0.2) is 40.2 Å². The van der Waals surface area contributed by atoms with Crippen molar-refractivity contribution >= 4 is 34.7 Å². The van der Waals surface area contributed by atoms with Gasteiger partial charge in [-0.3, -0.25) is 14.9 Å². The molecule has 0 fully saturated rings. The molecule has 116 valence electrons. The molecule has 1 N–H and O–H groups in total. The number of aromatic nitrogens is 1. The number of thioether (sulfide) groups is 1. The molecule has 2 rings (SSSR count). The van der Waals surface area contributed by atoms with Crippen molar-refractivity contribution in [2.75, 3.05) is 12.3 Å². The van der Waals surface area contributed by atoms with Gasteiger partial charge in [0.1, 0.15) is 4.34 Å². The highest BCUT2D eigenvalue weighted by molar-refractivity contribution is 8.00. The molecule has 0 unspecified atom stereocenters. The van der Waals surface area contributed by atoms with Crippen molar-refractivity contribution in [3.05, 3.63) is 51.5 Å². The molecule has 0 saturated heterocycles. The largest absolute Gasteiger partial charge is 0.356 e. The summed E-state index contributed by atoms with van der Waals surface area (Å²) in [6, 6.07) is 6.03. The second kappa shape index (κ2) is 8.50. The first-order chi connectivity index (χ1) is 10.6. The van der Waals surface area contributed by atoms with Crippen LogP contribution in [-0.4, -0.2) is 28.1 Å². The van der Waals surface area contributed by atoms with Crippen LogP contribution in [-0.2, 0) is 11.2 Å². The van der Waals surface area contributed by atoms with Crippen molar-refractivity contribution in [2.24, 2.45) is 0 Å². The fraction of sp³-hybridized carbons (Fsp3) is 0.286. The van der Waals surface area contributed by atoms with Gasteiger partial charge in [0.25, 0.3) is 5.69 Å². The molecule has 2 aromatic rings. The minimum absolute atomic E-state index is 0.0309. The number of benzene rings is 1. The van der Waals surface area contributed by atoms with Gasteiger partial charge in [-0.25, -0.2) is 4.98 Å². The predicted octanol–water partition coefficient (Wildman–Crippen LogP) is 2.89. The Kier molecular flexibility index (Phi) is 6.35. The summed E-state index contributed by atoms with van der Waals surface area (Å²) in [7, 11) is 0.